The Balaban J connectivity index is 3.09. The fraction of sp³-hybridized carbons (Fsp3) is 0.444. The minimum absolute atomic E-state index is 0.0257. The van der Waals surface area contributed by atoms with Gasteiger partial charge >= 0.3 is 11.7 Å². The van der Waals surface area contributed by atoms with Crippen LogP contribution in [-0.2, 0) is 9.53 Å². The highest BCUT2D eigenvalue weighted by atomic mass is 16.6. The Labute approximate surface area is 103 Å². The molecule has 0 aromatic carbocycles. The van der Waals surface area contributed by atoms with Gasteiger partial charge in [0.2, 0.25) is 11.8 Å². The number of hydrogen-bond donors (Lipinski definition) is 2. The van der Waals surface area contributed by atoms with Gasteiger partial charge in [-0.15, -0.1) is 0 Å². The zero-order valence-corrected chi connectivity index (χ0v) is 10.2. The van der Waals surface area contributed by atoms with Crippen LogP contribution in [0.25, 0.3) is 0 Å². The molecule has 1 aromatic heterocycles. The average molecular weight is 255 g/mol. The Bertz CT molecular complexity index is 476. The number of esters is 1. The van der Waals surface area contributed by atoms with Crippen molar-refractivity contribution in [1.29, 1.82) is 0 Å². The number of aryl methyl sites for hydroxylation is 1. The van der Waals surface area contributed by atoms with Gasteiger partial charge in [-0.2, -0.15) is 4.98 Å². The SMILES string of the molecule is CNc1nc(C)c([N+](=O)[O-])c(NCC(=O)OC)n1. The van der Waals surface area contributed by atoms with E-state index in [9.17, 15) is 14.9 Å². The Morgan fingerprint density at radius 3 is 2.67 bits per heavy atom. The Morgan fingerprint density at radius 2 is 2.17 bits per heavy atom. The molecular weight excluding hydrogens is 242 g/mol. The van der Waals surface area contributed by atoms with Crippen LogP contribution in [0.5, 0.6) is 0 Å². The minimum atomic E-state index is -0.603. The highest BCUT2D eigenvalue weighted by Gasteiger charge is 2.22. The predicted molar refractivity (Wildman–Crippen MR) is 63.5 cm³/mol. The fourth-order valence-electron chi connectivity index (χ4n) is 1.25. The lowest BCUT2D eigenvalue weighted by Crippen LogP contribution is -2.17. The van der Waals surface area contributed by atoms with Gasteiger partial charge in [0, 0.05) is 7.05 Å². The van der Waals surface area contributed by atoms with Gasteiger partial charge in [-0.3, -0.25) is 14.9 Å². The Hall–Kier alpha value is -2.45. The summed E-state index contributed by atoms with van der Waals surface area (Å²) in [4.78, 5) is 29.1. The van der Waals surface area contributed by atoms with Gasteiger partial charge in [0.15, 0.2) is 0 Å². The van der Waals surface area contributed by atoms with E-state index in [1.165, 1.54) is 14.0 Å². The standard InChI is InChI=1S/C9H13N5O4/c1-5-7(14(16)17)8(11-4-6(15)18-3)13-9(10-2)12-5/h4H2,1-3H3,(H2,10,11,12,13). The second-order valence-electron chi connectivity index (χ2n) is 3.27. The summed E-state index contributed by atoms with van der Waals surface area (Å²) in [7, 11) is 2.81. The van der Waals surface area contributed by atoms with E-state index in [4.69, 9.17) is 0 Å². The lowest BCUT2D eigenvalue weighted by Gasteiger charge is -2.08. The van der Waals surface area contributed by atoms with E-state index in [0.29, 0.717) is 0 Å². The van der Waals surface area contributed by atoms with Crippen molar-refractivity contribution in [2.75, 3.05) is 31.3 Å². The van der Waals surface area contributed by atoms with Crippen LogP contribution in [0, 0.1) is 17.0 Å². The summed E-state index contributed by atoms with van der Waals surface area (Å²) in [5, 5.41) is 16.1. The monoisotopic (exact) mass is 255 g/mol. The molecular formula is C9H13N5O4. The van der Waals surface area contributed by atoms with E-state index in [1.54, 1.807) is 7.05 Å². The number of nitrogens with zero attached hydrogens (tertiary/aromatic N) is 3. The predicted octanol–water partition coefficient (Wildman–Crippen LogP) is 0.320. The molecule has 98 valence electrons. The third-order valence-corrected chi connectivity index (χ3v) is 2.09. The summed E-state index contributed by atoms with van der Waals surface area (Å²) >= 11 is 0. The number of anilines is 2. The summed E-state index contributed by atoms with van der Waals surface area (Å²) in [5.41, 5.74) is -0.0652. The molecule has 0 aliphatic rings. The lowest BCUT2D eigenvalue weighted by molar-refractivity contribution is -0.385. The second-order valence-corrected chi connectivity index (χ2v) is 3.27. The van der Waals surface area contributed by atoms with E-state index in [0.717, 1.165) is 0 Å². The Morgan fingerprint density at radius 1 is 1.50 bits per heavy atom. The van der Waals surface area contributed by atoms with Crippen molar-refractivity contribution in [3.63, 3.8) is 0 Å². The van der Waals surface area contributed by atoms with Crippen LogP contribution in [0.4, 0.5) is 17.5 Å². The van der Waals surface area contributed by atoms with Crippen LogP contribution >= 0.6 is 0 Å². The molecule has 0 bridgehead atoms. The molecule has 0 saturated heterocycles. The van der Waals surface area contributed by atoms with Gasteiger partial charge in [-0.1, -0.05) is 0 Å². The first-order valence-corrected chi connectivity index (χ1v) is 5.01. The van der Waals surface area contributed by atoms with E-state index in [1.807, 2.05) is 0 Å². The Kier molecular flexibility index (Phi) is 4.35. The summed E-state index contributed by atoms with van der Waals surface area (Å²) in [6.07, 6.45) is 0. The van der Waals surface area contributed by atoms with Crippen LogP contribution in [0.1, 0.15) is 5.69 Å². The largest absolute Gasteiger partial charge is 0.468 e. The maximum Gasteiger partial charge on any atom is 0.332 e. The second kappa shape index (κ2) is 5.75. The van der Waals surface area contributed by atoms with Crippen molar-refractivity contribution in [3.05, 3.63) is 15.8 Å². The van der Waals surface area contributed by atoms with E-state index >= 15 is 0 Å². The molecule has 0 amide bonds. The van der Waals surface area contributed by atoms with Crippen molar-refractivity contribution in [2.24, 2.45) is 0 Å². The quantitative estimate of drug-likeness (QED) is 0.438. The highest BCUT2D eigenvalue weighted by Crippen LogP contribution is 2.26. The number of ether oxygens (including phenoxy) is 1. The fourth-order valence-corrected chi connectivity index (χ4v) is 1.25. The molecule has 1 aromatic rings. The molecule has 0 fully saturated rings. The molecule has 9 heteroatoms. The molecule has 0 unspecified atom stereocenters. The van der Waals surface area contributed by atoms with E-state index < -0.39 is 10.9 Å². The summed E-state index contributed by atoms with van der Waals surface area (Å²) in [6.45, 7) is 1.28. The van der Waals surface area contributed by atoms with Crippen LogP contribution in [-0.4, -0.2) is 41.6 Å². The van der Waals surface area contributed by atoms with Crippen LogP contribution in [0.15, 0.2) is 0 Å². The first-order chi connectivity index (χ1) is 8.49. The van der Waals surface area contributed by atoms with E-state index in [-0.39, 0.29) is 29.7 Å². The van der Waals surface area contributed by atoms with Crippen molar-refractivity contribution in [2.45, 2.75) is 6.92 Å². The number of aromatic nitrogens is 2. The number of carbonyl (C=O) groups excluding carboxylic acids is 1. The molecule has 0 saturated carbocycles. The topological polar surface area (TPSA) is 119 Å². The maximum absolute atomic E-state index is 11.0. The third-order valence-electron chi connectivity index (χ3n) is 2.09. The molecule has 2 N–H and O–H groups in total. The van der Waals surface area contributed by atoms with Crippen molar-refractivity contribution in [3.8, 4) is 0 Å². The van der Waals surface area contributed by atoms with Gasteiger partial charge in [-0.05, 0) is 6.92 Å². The minimum Gasteiger partial charge on any atom is -0.468 e. The molecule has 0 atom stereocenters. The highest BCUT2D eigenvalue weighted by molar-refractivity contribution is 5.76. The summed E-state index contributed by atoms with van der Waals surface area (Å²) in [6, 6.07) is 0. The normalized spacial score (nSPS) is 9.72. The third kappa shape index (κ3) is 3.03. The summed E-state index contributed by atoms with van der Waals surface area (Å²) < 4.78 is 4.43. The van der Waals surface area contributed by atoms with Gasteiger partial charge in [0.1, 0.15) is 12.2 Å². The smallest absolute Gasteiger partial charge is 0.332 e. The van der Waals surface area contributed by atoms with Crippen LogP contribution in [0.2, 0.25) is 0 Å². The number of nitro groups is 1. The van der Waals surface area contributed by atoms with Gasteiger partial charge in [0.25, 0.3) is 0 Å². The molecule has 1 heterocycles. The summed E-state index contributed by atoms with van der Waals surface area (Å²) in [5.74, 6) is -0.348. The zero-order valence-electron chi connectivity index (χ0n) is 10.2. The lowest BCUT2D eigenvalue weighted by atomic mass is 10.3. The van der Waals surface area contributed by atoms with Gasteiger partial charge < -0.3 is 15.4 Å². The molecule has 0 radical (unpaired) electrons. The average Bonchev–Trinajstić information content (AvgIpc) is 2.34. The first kappa shape index (κ1) is 13.6. The van der Waals surface area contributed by atoms with Crippen molar-refractivity contribution >= 4 is 23.4 Å². The number of methoxy groups -OCH3 is 1. The zero-order chi connectivity index (χ0) is 13.7. The number of carbonyl (C=O) groups is 1. The molecule has 0 aliphatic heterocycles. The maximum atomic E-state index is 11.0. The van der Waals surface area contributed by atoms with E-state index in [2.05, 4.69) is 25.3 Å². The van der Waals surface area contributed by atoms with Crippen LogP contribution in [0.3, 0.4) is 0 Å². The van der Waals surface area contributed by atoms with Crippen molar-refractivity contribution in [1.82, 2.24) is 9.97 Å². The first-order valence-electron chi connectivity index (χ1n) is 5.01. The number of hydrogen-bond acceptors (Lipinski definition) is 8. The van der Waals surface area contributed by atoms with Gasteiger partial charge in [0.05, 0.1) is 12.0 Å². The molecule has 0 spiro atoms. The number of nitrogens with one attached hydrogen (secondary N) is 2. The number of rotatable bonds is 5. The molecule has 9 nitrogen and oxygen atoms in total. The van der Waals surface area contributed by atoms with Crippen LogP contribution < -0.4 is 10.6 Å². The van der Waals surface area contributed by atoms with Crippen molar-refractivity contribution < 1.29 is 14.5 Å². The van der Waals surface area contributed by atoms with Gasteiger partial charge in [-0.25, -0.2) is 4.98 Å². The molecule has 18 heavy (non-hydrogen) atoms. The molecule has 1 rings (SSSR count). The molecule has 0 aliphatic carbocycles.